The van der Waals surface area contributed by atoms with Gasteiger partial charge in [-0.1, -0.05) is 12.1 Å². The Morgan fingerprint density at radius 2 is 1.84 bits per heavy atom. The molecule has 2 amide bonds. The quantitative estimate of drug-likeness (QED) is 0.454. The molecule has 0 saturated carbocycles. The molecule has 0 aliphatic heterocycles. The van der Waals surface area contributed by atoms with E-state index in [1.54, 1.807) is 11.6 Å². The number of carbonyl (C=O) groups excluding carboxylic acids is 2. The molecule has 0 aliphatic rings. The van der Waals surface area contributed by atoms with Crippen LogP contribution in [0.25, 0.3) is 16.2 Å². The third-order valence-electron chi connectivity index (χ3n) is 4.41. The van der Waals surface area contributed by atoms with Crippen LogP contribution in [0.5, 0.6) is 5.75 Å². The zero-order valence-electron chi connectivity index (χ0n) is 16.5. The number of methoxy groups -OCH3 is 1. The lowest BCUT2D eigenvalue weighted by atomic mass is 10.2. The smallest absolute Gasteiger partial charge is 0.250 e. The number of hydrogen-bond acceptors (Lipinski definition) is 6. The van der Waals surface area contributed by atoms with Crippen LogP contribution in [0.1, 0.15) is 12.8 Å². The Labute approximate surface area is 180 Å². The fourth-order valence-corrected chi connectivity index (χ4v) is 3.72. The van der Waals surface area contributed by atoms with E-state index in [2.05, 4.69) is 20.7 Å². The van der Waals surface area contributed by atoms with Gasteiger partial charge in [-0.3, -0.25) is 14.9 Å². The average Bonchev–Trinajstić information content (AvgIpc) is 3.34. The van der Waals surface area contributed by atoms with Crippen LogP contribution in [0.15, 0.2) is 53.9 Å². The molecule has 0 unspecified atom stereocenters. The second-order valence-electron chi connectivity index (χ2n) is 6.59. The van der Waals surface area contributed by atoms with Crippen molar-refractivity contribution < 1.29 is 18.7 Å². The SMILES string of the molecule is COc1cccc(-c2csc3nc(NC(=O)CCC(=O)Nc4ccc(F)cc4)nn23)c1. The third kappa shape index (κ3) is 4.86. The molecule has 0 spiro atoms. The van der Waals surface area contributed by atoms with Crippen molar-refractivity contribution in [3.8, 4) is 17.0 Å². The number of carbonyl (C=O) groups is 2. The number of nitrogens with one attached hydrogen (secondary N) is 2. The number of rotatable bonds is 7. The molecule has 0 fully saturated rings. The normalized spacial score (nSPS) is 10.8. The van der Waals surface area contributed by atoms with Crippen LogP contribution in [0.3, 0.4) is 0 Å². The highest BCUT2D eigenvalue weighted by atomic mass is 32.1. The second kappa shape index (κ2) is 8.92. The van der Waals surface area contributed by atoms with Gasteiger partial charge in [0.1, 0.15) is 11.6 Å². The molecular weight excluding hydrogens is 421 g/mol. The van der Waals surface area contributed by atoms with E-state index in [-0.39, 0.29) is 36.4 Å². The van der Waals surface area contributed by atoms with Gasteiger partial charge in [-0.05, 0) is 36.4 Å². The Morgan fingerprint density at radius 1 is 1.10 bits per heavy atom. The lowest BCUT2D eigenvalue weighted by molar-refractivity contribution is -0.121. The van der Waals surface area contributed by atoms with E-state index in [0.29, 0.717) is 10.6 Å². The van der Waals surface area contributed by atoms with Crippen molar-refractivity contribution in [2.24, 2.45) is 0 Å². The first-order valence-corrected chi connectivity index (χ1v) is 10.2. The molecule has 158 valence electrons. The zero-order valence-corrected chi connectivity index (χ0v) is 17.3. The number of ether oxygens (including phenoxy) is 1. The van der Waals surface area contributed by atoms with Gasteiger partial charge in [-0.15, -0.1) is 16.4 Å². The van der Waals surface area contributed by atoms with Gasteiger partial charge >= 0.3 is 0 Å². The molecule has 4 rings (SSSR count). The van der Waals surface area contributed by atoms with Crippen LogP contribution < -0.4 is 15.4 Å². The summed E-state index contributed by atoms with van der Waals surface area (Å²) in [7, 11) is 1.60. The summed E-state index contributed by atoms with van der Waals surface area (Å²) in [5.41, 5.74) is 2.20. The number of aromatic nitrogens is 3. The van der Waals surface area contributed by atoms with Crippen molar-refractivity contribution in [2.45, 2.75) is 12.8 Å². The molecule has 10 heteroatoms. The summed E-state index contributed by atoms with van der Waals surface area (Å²) in [6, 6.07) is 13.0. The monoisotopic (exact) mass is 439 g/mol. The Morgan fingerprint density at radius 3 is 2.58 bits per heavy atom. The van der Waals surface area contributed by atoms with E-state index < -0.39 is 0 Å². The fraction of sp³-hybridized carbons (Fsp3) is 0.143. The molecule has 0 aliphatic carbocycles. The standard InChI is InChI=1S/C21H18FN5O3S/c1-30-16-4-2-3-13(11-16)17-12-31-21-25-20(26-27(17)21)24-19(29)10-9-18(28)23-15-7-5-14(22)6-8-15/h2-8,11-12H,9-10H2,1H3,(H,23,28)(H,24,26,29). The molecule has 4 aromatic rings. The highest BCUT2D eigenvalue weighted by Crippen LogP contribution is 2.28. The number of thiazole rings is 1. The number of halogens is 1. The van der Waals surface area contributed by atoms with Gasteiger partial charge in [0.05, 0.1) is 12.8 Å². The van der Waals surface area contributed by atoms with E-state index in [4.69, 9.17) is 4.74 Å². The van der Waals surface area contributed by atoms with Gasteiger partial charge in [-0.2, -0.15) is 4.98 Å². The summed E-state index contributed by atoms with van der Waals surface area (Å²) in [6.07, 6.45) is -0.0664. The van der Waals surface area contributed by atoms with Gasteiger partial charge in [0.15, 0.2) is 0 Å². The van der Waals surface area contributed by atoms with Crippen molar-refractivity contribution in [1.29, 1.82) is 0 Å². The molecule has 0 radical (unpaired) electrons. The van der Waals surface area contributed by atoms with Gasteiger partial charge in [0.25, 0.3) is 0 Å². The van der Waals surface area contributed by atoms with E-state index in [0.717, 1.165) is 17.0 Å². The topological polar surface area (TPSA) is 97.6 Å². The highest BCUT2D eigenvalue weighted by molar-refractivity contribution is 7.15. The summed E-state index contributed by atoms with van der Waals surface area (Å²) in [4.78, 5) is 29.1. The third-order valence-corrected chi connectivity index (χ3v) is 5.22. The van der Waals surface area contributed by atoms with Gasteiger partial charge in [-0.25, -0.2) is 8.91 Å². The largest absolute Gasteiger partial charge is 0.497 e. The zero-order chi connectivity index (χ0) is 21.8. The van der Waals surface area contributed by atoms with Crippen LogP contribution >= 0.6 is 11.3 Å². The van der Waals surface area contributed by atoms with Crippen LogP contribution in [-0.4, -0.2) is 33.5 Å². The Balaban J connectivity index is 1.37. The maximum Gasteiger partial charge on any atom is 0.250 e. The molecule has 31 heavy (non-hydrogen) atoms. The minimum Gasteiger partial charge on any atom is -0.497 e. The van der Waals surface area contributed by atoms with Crippen molar-refractivity contribution in [3.63, 3.8) is 0 Å². The molecule has 2 heterocycles. The van der Waals surface area contributed by atoms with Gasteiger partial charge in [0.2, 0.25) is 22.7 Å². The maximum absolute atomic E-state index is 12.9. The lowest BCUT2D eigenvalue weighted by Gasteiger charge is -2.05. The van der Waals surface area contributed by atoms with Gasteiger partial charge in [0, 0.05) is 29.5 Å². The van der Waals surface area contributed by atoms with E-state index >= 15 is 0 Å². The van der Waals surface area contributed by atoms with E-state index in [9.17, 15) is 14.0 Å². The summed E-state index contributed by atoms with van der Waals surface area (Å²) >= 11 is 1.40. The van der Waals surface area contributed by atoms with Crippen molar-refractivity contribution in [3.05, 3.63) is 59.7 Å². The highest BCUT2D eigenvalue weighted by Gasteiger charge is 2.15. The van der Waals surface area contributed by atoms with Crippen LogP contribution in [-0.2, 0) is 9.59 Å². The summed E-state index contributed by atoms with van der Waals surface area (Å²) in [5, 5.41) is 11.5. The molecule has 2 N–H and O–H groups in total. The van der Waals surface area contributed by atoms with E-state index in [1.165, 1.54) is 35.6 Å². The Hall–Kier alpha value is -3.79. The summed E-state index contributed by atoms with van der Waals surface area (Å²) < 4.78 is 19.8. The van der Waals surface area contributed by atoms with Crippen LogP contribution in [0.2, 0.25) is 0 Å². The molecular formula is C21H18FN5O3S. The van der Waals surface area contributed by atoms with Crippen molar-refractivity contribution in [1.82, 2.24) is 14.6 Å². The molecule has 8 nitrogen and oxygen atoms in total. The molecule has 0 bridgehead atoms. The fourth-order valence-electron chi connectivity index (χ4n) is 2.89. The number of benzene rings is 2. The lowest BCUT2D eigenvalue weighted by Crippen LogP contribution is -2.18. The minimum absolute atomic E-state index is 0.0273. The predicted octanol–water partition coefficient (Wildman–Crippen LogP) is 3.96. The average molecular weight is 439 g/mol. The summed E-state index contributed by atoms with van der Waals surface area (Å²) in [6.45, 7) is 0. The number of anilines is 2. The predicted molar refractivity (Wildman–Crippen MR) is 116 cm³/mol. The van der Waals surface area contributed by atoms with Crippen LogP contribution in [0.4, 0.5) is 16.0 Å². The van der Waals surface area contributed by atoms with Crippen molar-refractivity contribution >= 4 is 39.7 Å². The number of nitrogens with zero attached hydrogens (tertiary/aromatic N) is 3. The minimum atomic E-state index is -0.389. The first kappa shape index (κ1) is 20.5. The number of fused-ring (bicyclic) bond motifs is 1. The summed E-state index contributed by atoms with van der Waals surface area (Å²) in [5.74, 6) is -0.222. The van der Waals surface area contributed by atoms with Gasteiger partial charge < -0.3 is 10.1 Å². The Bertz CT molecular complexity index is 1240. The molecule has 0 atom stereocenters. The van der Waals surface area contributed by atoms with Crippen molar-refractivity contribution in [2.75, 3.05) is 17.7 Å². The molecule has 2 aromatic heterocycles. The number of hydrogen-bond donors (Lipinski definition) is 2. The first-order valence-electron chi connectivity index (χ1n) is 9.36. The van der Waals surface area contributed by atoms with Crippen LogP contribution in [0, 0.1) is 5.82 Å². The maximum atomic E-state index is 12.9. The molecule has 2 aromatic carbocycles. The van der Waals surface area contributed by atoms with E-state index in [1.807, 2.05) is 29.6 Å². The Kier molecular flexibility index (Phi) is 5.89. The first-order chi connectivity index (χ1) is 15.0. The second-order valence-corrected chi connectivity index (χ2v) is 7.42. The molecule has 0 saturated heterocycles. The number of amides is 2.